The number of hydrogen-bond donors (Lipinski definition) is 2. The quantitative estimate of drug-likeness (QED) is 0.634. The standard InChI is InChI=1S/C20H23BrN2O4/c1-3-9-27-19-16(21)10-15(11-17(19)26-2)20(25)23-13-18(24)22-12-14-7-5-4-6-8-14/h4-8,10-11H,3,9,12-13H2,1-2H3,(H,22,24)(H,23,25). The average Bonchev–Trinajstić information content (AvgIpc) is 2.69. The molecule has 2 aromatic rings. The van der Waals surface area contributed by atoms with Crippen LogP contribution in [-0.4, -0.2) is 32.1 Å². The number of ether oxygens (including phenoxy) is 2. The van der Waals surface area contributed by atoms with Crippen molar-refractivity contribution >= 4 is 27.7 Å². The summed E-state index contributed by atoms with van der Waals surface area (Å²) in [6.45, 7) is 2.85. The van der Waals surface area contributed by atoms with E-state index < -0.39 is 0 Å². The number of carbonyl (C=O) groups is 2. The second kappa shape index (κ2) is 10.6. The van der Waals surface area contributed by atoms with Gasteiger partial charge in [0.15, 0.2) is 11.5 Å². The molecule has 0 unspecified atom stereocenters. The molecule has 0 aliphatic rings. The molecule has 0 heterocycles. The van der Waals surface area contributed by atoms with Crippen molar-refractivity contribution < 1.29 is 19.1 Å². The summed E-state index contributed by atoms with van der Waals surface area (Å²) < 4.78 is 11.6. The molecule has 7 heteroatoms. The van der Waals surface area contributed by atoms with Crippen molar-refractivity contribution in [2.24, 2.45) is 0 Å². The number of hydrogen-bond acceptors (Lipinski definition) is 4. The van der Waals surface area contributed by atoms with Crippen LogP contribution in [-0.2, 0) is 11.3 Å². The summed E-state index contributed by atoms with van der Waals surface area (Å²) in [5, 5.41) is 5.37. The molecule has 0 aliphatic heterocycles. The zero-order valence-electron chi connectivity index (χ0n) is 15.4. The molecule has 2 N–H and O–H groups in total. The van der Waals surface area contributed by atoms with Gasteiger partial charge in [0.05, 0.1) is 24.7 Å². The topological polar surface area (TPSA) is 76.7 Å². The van der Waals surface area contributed by atoms with Crippen LogP contribution in [0.2, 0.25) is 0 Å². The third-order valence-electron chi connectivity index (χ3n) is 3.68. The van der Waals surface area contributed by atoms with Crippen molar-refractivity contribution in [1.29, 1.82) is 0 Å². The molecule has 0 saturated heterocycles. The summed E-state index contributed by atoms with van der Waals surface area (Å²) in [5.41, 5.74) is 1.37. The van der Waals surface area contributed by atoms with E-state index in [1.807, 2.05) is 37.3 Å². The number of halogens is 1. The molecular weight excluding hydrogens is 412 g/mol. The highest BCUT2D eigenvalue weighted by Crippen LogP contribution is 2.36. The van der Waals surface area contributed by atoms with Gasteiger partial charge in [-0.05, 0) is 40.0 Å². The van der Waals surface area contributed by atoms with Gasteiger partial charge in [0.25, 0.3) is 5.91 Å². The first-order valence-electron chi connectivity index (χ1n) is 8.64. The van der Waals surface area contributed by atoms with E-state index in [1.165, 1.54) is 7.11 Å². The third-order valence-corrected chi connectivity index (χ3v) is 4.27. The van der Waals surface area contributed by atoms with Crippen molar-refractivity contribution in [2.75, 3.05) is 20.3 Å². The minimum Gasteiger partial charge on any atom is -0.493 e. The highest BCUT2D eigenvalue weighted by Gasteiger charge is 2.16. The number of rotatable bonds is 9. The van der Waals surface area contributed by atoms with Crippen LogP contribution in [0.15, 0.2) is 46.9 Å². The summed E-state index contributed by atoms with van der Waals surface area (Å²) in [4.78, 5) is 24.3. The van der Waals surface area contributed by atoms with E-state index in [-0.39, 0.29) is 18.4 Å². The number of nitrogens with one attached hydrogen (secondary N) is 2. The Balaban J connectivity index is 1.93. The van der Waals surface area contributed by atoms with Gasteiger partial charge in [0.1, 0.15) is 0 Å². The lowest BCUT2D eigenvalue weighted by Gasteiger charge is -2.14. The lowest BCUT2D eigenvalue weighted by atomic mass is 10.2. The first-order valence-corrected chi connectivity index (χ1v) is 9.43. The fourth-order valence-corrected chi connectivity index (χ4v) is 2.87. The summed E-state index contributed by atoms with van der Waals surface area (Å²) in [7, 11) is 1.51. The molecule has 2 rings (SSSR count). The van der Waals surface area contributed by atoms with Crippen LogP contribution in [0.3, 0.4) is 0 Å². The van der Waals surface area contributed by atoms with Gasteiger partial charge in [0.2, 0.25) is 5.91 Å². The Bertz CT molecular complexity index is 781. The van der Waals surface area contributed by atoms with E-state index in [9.17, 15) is 9.59 Å². The van der Waals surface area contributed by atoms with E-state index in [0.29, 0.717) is 34.7 Å². The Morgan fingerprint density at radius 3 is 2.52 bits per heavy atom. The summed E-state index contributed by atoms with van der Waals surface area (Å²) in [6.07, 6.45) is 0.857. The molecule has 144 valence electrons. The van der Waals surface area contributed by atoms with Gasteiger partial charge in [0, 0.05) is 12.1 Å². The molecule has 0 bridgehead atoms. The van der Waals surface area contributed by atoms with Gasteiger partial charge < -0.3 is 20.1 Å². The number of benzene rings is 2. The van der Waals surface area contributed by atoms with Crippen LogP contribution in [0.5, 0.6) is 11.5 Å². The monoisotopic (exact) mass is 434 g/mol. The summed E-state index contributed by atoms with van der Waals surface area (Å²) >= 11 is 3.40. The largest absolute Gasteiger partial charge is 0.493 e. The summed E-state index contributed by atoms with van der Waals surface area (Å²) in [5.74, 6) is 0.375. The fourth-order valence-electron chi connectivity index (χ4n) is 2.32. The minimum absolute atomic E-state index is 0.111. The Kier molecular flexibility index (Phi) is 8.13. The van der Waals surface area contributed by atoms with Crippen LogP contribution >= 0.6 is 15.9 Å². The van der Waals surface area contributed by atoms with Crippen LogP contribution in [0, 0.1) is 0 Å². The maximum atomic E-state index is 12.4. The predicted molar refractivity (Wildman–Crippen MR) is 107 cm³/mol. The molecule has 0 atom stereocenters. The Hall–Kier alpha value is -2.54. The zero-order chi connectivity index (χ0) is 19.6. The molecule has 0 radical (unpaired) electrons. The van der Waals surface area contributed by atoms with Gasteiger partial charge in [-0.25, -0.2) is 0 Å². The lowest BCUT2D eigenvalue weighted by Crippen LogP contribution is -2.36. The van der Waals surface area contributed by atoms with Gasteiger partial charge in [-0.15, -0.1) is 0 Å². The molecule has 2 amide bonds. The summed E-state index contributed by atoms with van der Waals surface area (Å²) in [6, 6.07) is 12.8. The molecule has 2 aromatic carbocycles. The molecule has 0 saturated carbocycles. The van der Waals surface area contributed by atoms with Gasteiger partial charge in [-0.1, -0.05) is 37.3 Å². The van der Waals surface area contributed by atoms with Crippen molar-refractivity contribution in [3.8, 4) is 11.5 Å². The van der Waals surface area contributed by atoms with Crippen molar-refractivity contribution in [1.82, 2.24) is 10.6 Å². The molecular formula is C20H23BrN2O4. The number of amides is 2. The molecule has 0 aromatic heterocycles. The SMILES string of the molecule is CCCOc1c(Br)cc(C(=O)NCC(=O)NCc2ccccc2)cc1OC. The fraction of sp³-hybridized carbons (Fsp3) is 0.300. The van der Waals surface area contributed by atoms with Crippen LogP contribution in [0.4, 0.5) is 0 Å². The lowest BCUT2D eigenvalue weighted by molar-refractivity contribution is -0.120. The molecule has 0 spiro atoms. The van der Waals surface area contributed by atoms with E-state index in [2.05, 4.69) is 26.6 Å². The Labute approximate surface area is 167 Å². The van der Waals surface area contributed by atoms with Crippen LogP contribution < -0.4 is 20.1 Å². The molecule has 6 nitrogen and oxygen atoms in total. The smallest absolute Gasteiger partial charge is 0.251 e. The molecule has 0 aliphatic carbocycles. The minimum atomic E-state index is -0.370. The highest BCUT2D eigenvalue weighted by atomic mass is 79.9. The van der Waals surface area contributed by atoms with Crippen molar-refractivity contribution in [3.05, 3.63) is 58.1 Å². The zero-order valence-corrected chi connectivity index (χ0v) is 17.0. The second-order valence-electron chi connectivity index (χ2n) is 5.78. The number of methoxy groups -OCH3 is 1. The maximum absolute atomic E-state index is 12.4. The predicted octanol–water partition coefficient (Wildman–Crippen LogP) is 3.29. The maximum Gasteiger partial charge on any atom is 0.251 e. The van der Waals surface area contributed by atoms with E-state index in [4.69, 9.17) is 9.47 Å². The van der Waals surface area contributed by atoms with Crippen LogP contribution in [0.25, 0.3) is 0 Å². The Morgan fingerprint density at radius 1 is 1.11 bits per heavy atom. The van der Waals surface area contributed by atoms with E-state index in [1.54, 1.807) is 12.1 Å². The normalized spacial score (nSPS) is 10.2. The van der Waals surface area contributed by atoms with E-state index >= 15 is 0 Å². The van der Waals surface area contributed by atoms with Gasteiger partial charge >= 0.3 is 0 Å². The average molecular weight is 435 g/mol. The Morgan fingerprint density at radius 2 is 1.85 bits per heavy atom. The molecule has 0 fully saturated rings. The molecule has 27 heavy (non-hydrogen) atoms. The van der Waals surface area contributed by atoms with Gasteiger partial charge in [-0.3, -0.25) is 9.59 Å². The van der Waals surface area contributed by atoms with Crippen LogP contribution in [0.1, 0.15) is 29.3 Å². The van der Waals surface area contributed by atoms with Gasteiger partial charge in [-0.2, -0.15) is 0 Å². The first-order chi connectivity index (χ1) is 13.0. The first kappa shape index (κ1) is 20.8. The van der Waals surface area contributed by atoms with Crippen molar-refractivity contribution in [3.63, 3.8) is 0 Å². The highest BCUT2D eigenvalue weighted by molar-refractivity contribution is 9.10. The number of carbonyl (C=O) groups excluding carboxylic acids is 2. The second-order valence-corrected chi connectivity index (χ2v) is 6.64. The van der Waals surface area contributed by atoms with Crippen molar-refractivity contribution in [2.45, 2.75) is 19.9 Å². The van der Waals surface area contributed by atoms with E-state index in [0.717, 1.165) is 12.0 Å². The third kappa shape index (κ3) is 6.29.